The average Bonchev–Trinajstić information content (AvgIpc) is 2.96. The highest BCUT2D eigenvalue weighted by molar-refractivity contribution is 7.89. The summed E-state index contributed by atoms with van der Waals surface area (Å²) in [7, 11) is -3.63. The van der Waals surface area contributed by atoms with Gasteiger partial charge in [-0.2, -0.15) is 0 Å². The van der Waals surface area contributed by atoms with Crippen LogP contribution in [0.3, 0.4) is 0 Å². The first-order valence-electron chi connectivity index (χ1n) is 8.92. The van der Waals surface area contributed by atoms with Crippen molar-refractivity contribution in [2.24, 2.45) is 0 Å². The Kier molecular flexibility index (Phi) is 4.43. The van der Waals surface area contributed by atoms with Gasteiger partial charge >= 0.3 is 0 Å². The summed E-state index contributed by atoms with van der Waals surface area (Å²) in [5.74, 6) is -0.613. The molecule has 3 aromatic carbocycles. The molecule has 1 N–H and O–H groups in total. The van der Waals surface area contributed by atoms with Gasteiger partial charge in [-0.05, 0) is 30.2 Å². The van der Waals surface area contributed by atoms with Crippen LogP contribution in [0, 0.1) is 6.92 Å². The van der Waals surface area contributed by atoms with Crippen molar-refractivity contribution < 1.29 is 13.2 Å². The molecule has 0 atom stereocenters. The Morgan fingerprint density at radius 3 is 2.32 bits per heavy atom. The van der Waals surface area contributed by atoms with Gasteiger partial charge in [0.2, 0.25) is 10.0 Å². The Morgan fingerprint density at radius 2 is 1.61 bits per heavy atom. The summed E-state index contributed by atoms with van der Waals surface area (Å²) < 4.78 is 27.3. The monoisotopic (exact) mass is 392 g/mol. The number of carbonyl (C=O) groups is 1. The van der Waals surface area contributed by atoms with Crippen LogP contribution in [0.2, 0.25) is 0 Å². The minimum Gasteiger partial charge on any atom is -0.336 e. The van der Waals surface area contributed by atoms with Crippen LogP contribution in [0.5, 0.6) is 0 Å². The molecule has 4 aromatic rings. The van der Waals surface area contributed by atoms with Crippen LogP contribution in [0.4, 0.5) is 0 Å². The SMILES string of the molecule is Cc1c(C(=O)NS(C)(=O)=O)ccc2c3ccccc3n(Cc3ccccc3)c12. The van der Waals surface area contributed by atoms with Crippen molar-refractivity contribution in [3.05, 3.63) is 83.4 Å². The van der Waals surface area contributed by atoms with Crippen LogP contribution in [-0.2, 0) is 16.6 Å². The van der Waals surface area contributed by atoms with Crippen LogP contribution >= 0.6 is 0 Å². The van der Waals surface area contributed by atoms with E-state index in [1.54, 1.807) is 6.07 Å². The minimum absolute atomic E-state index is 0.357. The number of rotatable bonds is 4. The van der Waals surface area contributed by atoms with Gasteiger partial charge in [0.15, 0.2) is 0 Å². The number of nitrogens with one attached hydrogen (secondary N) is 1. The first kappa shape index (κ1) is 18.3. The summed E-state index contributed by atoms with van der Waals surface area (Å²) in [5, 5.41) is 2.14. The minimum atomic E-state index is -3.63. The summed E-state index contributed by atoms with van der Waals surface area (Å²) in [6.45, 7) is 2.52. The molecule has 5 nitrogen and oxygen atoms in total. The molecule has 0 fully saturated rings. The first-order valence-corrected chi connectivity index (χ1v) is 10.8. The summed E-state index contributed by atoms with van der Waals surface area (Å²) in [6.07, 6.45) is 0.977. The van der Waals surface area contributed by atoms with Crippen LogP contribution in [0.25, 0.3) is 21.8 Å². The topological polar surface area (TPSA) is 68.2 Å². The van der Waals surface area contributed by atoms with Crippen LogP contribution in [-0.4, -0.2) is 25.1 Å². The zero-order chi connectivity index (χ0) is 19.9. The third-order valence-corrected chi connectivity index (χ3v) is 5.45. The number of aryl methyl sites for hydroxylation is 1. The molecule has 0 saturated carbocycles. The molecule has 1 aromatic heterocycles. The van der Waals surface area contributed by atoms with Gasteiger partial charge in [0.25, 0.3) is 5.91 Å². The molecule has 142 valence electrons. The Balaban J connectivity index is 1.97. The molecular formula is C22H20N2O3S. The Bertz CT molecular complexity index is 1310. The molecule has 0 aliphatic carbocycles. The molecule has 0 spiro atoms. The van der Waals surface area contributed by atoms with E-state index in [2.05, 4.69) is 33.6 Å². The highest BCUT2D eigenvalue weighted by Crippen LogP contribution is 2.33. The molecule has 1 amide bonds. The van der Waals surface area contributed by atoms with Gasteiger partial charge in [-0.25, -0.2) is 13.1 Å². The van der Waals surface area contributed by atoms with Gasteiger partial charge in [0.05, 0.1) is 11.8 Å². The smallest absolute Gasteiger partial charge is 0.265 e. The highest BCUT2D eigenvalue weighted by atomic mass is 32.2. The van der Waals surface area contributed by atoms with E-state index in [4.69, 9.17) is 0 Å². The number of aromatic nitrogens is 1. The number of benzene rings is 3. The summed E-state index contributed by atoms with van der Waals surface area (Å²) in [5.41, 5.74) is 4.27. The second-order valence-corrected chi connectivity index (χ2v) is 8.67. The second-order valence-electron chi connectivity index (χ2n) is 6.93. The number of carbonyl (C=O) groups excluding carboxylic acids is 1. The largest absolute Gasteiger partial charge is 0.336 e. The fourth-order valence-electron chi connectivity index (χ4n) is 3.72. The molecule has 0 aliphatic heterocycles. The van der Waals surface area contributed by atoms with Gasteiger partial charge in [-0.1, -0.05) is 54.6 Å². The van der Waals surface area contributed by atoms with Crippen molar-refractivity contribution in [2.45, 2.75) is 13.5 Å². The molecule has 28 heavy (non-hydrogen) atoms. The number of para-hydroxylation sites is 1. The maximum absolute atomic E-state index is 12.5. The highest BCUT2D eigenvalue weighted by Gasteiger charge is 2.19. The number of amides is 1. The molecule has 0 aliphatic rings. The van der Waals surface area contributed by atoms with E-state index in [1.165, 1.54) is 0 Å². The lowest BCUT2D eigenvalue weighted by Crippen LogP contribution is -2.29. The first-order chi connectivity index (χ1) is 13.3. The van der Waals surface area contributed by atoms with E-state index in [-0.39, 0.29) is 0 Å². The number of hydrogen-bond donors (Lipinski definition) is 1. The molecule has 0 unspecified atom stereocenters. The normalized spacial score (nSPS) is 11.8. The number of nitrogens with zero attached hydrogens (tertiary/aromatic N) is 1. The molecule has 1 heterocycles. The van der Waals surface area contributed by atoms with E-state index in [0.29, 0.717) is 12.1 Å². The Morgan fingerprint density at radius 1 is 0.929 bits per heavy atom. The number of fused-ring (bicyclic) bond motifs is 3. The predicted octanol–water partition coefficient (Wildman–Crippen LogP) is 3.84. The molecule has 0 radical (unpaired) electrons. The van der Waals surface area contributed by atoms with Crippen LogP contribution < -0.4 is 4.72 Å². The molecule has 0 saturated heterocycles. The van der Waals surface area contributed by atoms with Gasteiger partial charge in [0.1, 0.15) is 0 Å². The maximum Gasteiger partial charge on any atom is 0.265 e. The van der Waals surface area contributed by atoms with E-state index in [1.807, 2.05) is 43.3 Å². The van der Waals surface area contributed by atoms with Crippen molar-refractivity contribution in [3.8, 4) is 0 Å². The van der Waals surface area contributed by atoms with Gasteiger partial charge < -0.3 is 4.57 Å². The average molecular weight is 392 g/mol. The predicted molar refractivity (Wildman–Crippen MR) is 112 cm³/mol. The molecular weight excluding hydrogens is 372 g/mol. The van der Waals surface area contributed by atoms with Crippen molar-refractivity contribution >= 4 is 37.7 Å². The molecule has 0 bridgehead atoms. The van der Waals surface area contributed by atoms with Gasteiger partial charge in [-0.15, -0.1) is 0 Å². The summed E-state index contributed by atoms with van der Waals surface area (Å²) >= 11 is 0. The van der Waals surface area contributed by atoms with E-state index < -0.39 is 15.9 Å². The van der Waals surface area contributed by atoms with Gasteiger partial charge in [-0.3, -0.25) is 4.79 Å². The molecule has 4 rings (SSSR count). The quantitative estimate of drug-likeness (QED) is 0.574. The zero-order valence-electron chi connectivity index (χ0n) is 15.6. The van der Waals surface area contributed by atoms with E-state index in [0.717, 1.165) is 39.2 Å². The van der Waals surface area contributed by atoms with E-state index in [9.17, 15) is 13.2 Å². The lowest BCUT2D eigenvalue weighted by molar-refractivity contribution is 0.0981. The van der Waals surface area contributed by atoms with Gasteiger partial charge in [0, 0.05) is 28.4 Å². The Labute approximate surface area is 163 Å². The fourth-order valence-corrected chi connectivity index (χ4v) is 4.17. The van der Waals surface area contributed by atoms with E-state index >= 15 is 0 Å². The lowest BCUT2D eigenvalue weighted by Gasteiger charge is -2.12. The van der Waals surface area contributed by atoms with Crippen molar-refractivity contribution in [1.82, 2.24) is 9.29 Å². The lowest BCUT2D eigenvalue weighted by atomic mass is 10.0. The zero-order valence-corrected chi connectivity index (χ0v) is 16.5. The fraction of sp³-hybridized carbons (Fsp3) is 0.136. The maximum atomic E-state index is 12.5. The second kappa shape index (κ2) is 6.80. The summed E-state index contributed by atoms with van der Waals surface area (Å²) in [6, 6.07) is 21.8. The number of sulfonamides is 1. The third kappa shape index (κ3) is 3.27. The Hall–Kier alpha value is -3.12. The molecule has 6 heteroatoms. The van der Waals surface area contributed by atoms with Crippen molar-refractivity contribution in [3.63, 3.8) is 0 Å². The number of hydrogen-bond acceptors (Lipinski definition) is 3. The van der Waals surface area contributed by atoms with Crippen LogP contribution in [0.1, 0.15) is 21.5 Å². The van der Waals surface area contributed by atoms with Crippen molar-refractivity contribution in [1.29, 1.82) is 0 Å². The van der Waals surface area contributed by atoms with Crippen molar-refractivity contribution in [2.75, 3.05) is 6.26 Å². The standard InChI is InChI=1S/C22H20N2O3S/c1-15-17(22(25)23-28(2,26)27)12-13-19-18-10-6-7-11-20(18)24(21(15)19)14-16-8-4-3-5-9-16/h3-13H,14H2,1-2H3,(H,23,25). The third-order valence-electron chi connectivity index (χ3n) is 4.89. The van der Waals surface area contributed by atoms with Crippen LogP contribution in [0.15, 0.2) is 66.7 Å². The summed E-state index contributed by atoms with van der Waals surface area (Å²) in [4.78, 5) is 12.5.